The fourth-order valence-corrected chi connectivity index (χ4v) is 3.99. The molecular formula is C15H19N3O6S. The minimum Gasteiger partial charge on any atom is -0.465 e. The van der Waals surface area contributed by atoms with Crippen LogP contribution >= 0.6 is 0 Å². The number of amides is 3. The molecule has 10 heteroatoms. The predicted octanol–water partition coefficient (Wildman–Crippen LogP) is -0.102. The molecule has 2 rings (SSSR count). The third kappa shape index (κ3) is 5.75. The normalized spacial score (nSPS) is 18.2. The highest BCUT2D eigenvalue weighted by Crippen LogP contribution is 2.11. The maximum Gasteiger partial charge on any atom is 0.337 e. The molecule has 1 atom stereocenters. The number of rotatable bonds is 5. The van der Waals surface area contributed by atoms with Crippen molar-refractivity contribution in [3.8, 4) is 0 Å². The van der Waals surface area contributed by atoms with Crippen LogP contribution in [0.2, 0.25) is 0 Å². The van der Waals surface area contributed by atoms with Gasteiger partial charge in [-0.3, -0.25) is 4.79 Å². The average Bonchev–Trinajstić information content (AvgIpc) is 2.91. The Morgan fingerprint density at radius 2 is 1.88 bits per heavy atom. The van der Waals surface area contributed by atoms with Crippen molar-refractivity contribution in [3.05, 3.63) is 29.8 Å². The second kappa shape index (κ2) is 7.97. The first kappa shape index (κ1) is 18.7. The van der Waals surface area contributed by atoms with Crippen molar-refractivity contribution < 1.29 is 27.5 Å². The number of hydrogen-bond donors (Lipinski definition) is 3. The Morgan fingerprint density at radius 1 is 1.20 bits per heavy atom. The van der Waals surface area contributed by atoms with Gasteiger partial charge in [0.1, 0.15) is 0 Å². The van der Waals surface area contributed by atoms with Crippen molar-refractivity contribution in [2.45, 2.75) is 12.5 Å². The van der Waals surface area contributed by atoms with Crippen LogP contribution in [-0.2, 0) is 19.4 Å². The zero-order chi connectivity index (χ0) is 18.4. The van der Waals surface area contributed by atoms with E-state index in [-0.39, 0.29) is 18.1 Å². The fraction of sp³-hybridized carbons (Fsp3) is 0.400. The van der Waals surface area contributed by atoms with E-state index in [1.807, 2.05) is 0 Å². The van der Waals surface area contributed by atoms with Crippen LogP contribution < -0.4 is 16.0 Å². The largest absolute Gasteiger partial charge is 0.465 e. The Balaban J connectivity index is 1.75. The summed E-state index contributed by atoms with van der Waals surface area (Å²) in [5.41, 5.74) is 0.811. The fourth-order valence-electron chi connectivity index (χ4n) is 2.32. The molecule has 1 heterocycles. The molecule has 0 aromatic heterocycles. The van der Waals surface area contributed by atoms with Crippen LogP contribution in [-0.4, -0.2) is 57.5 Å². The highest BCUT2D eigenvalue weighted by Gasteiger charge is 2.28. The number of nitrogens with one attached hydrogen (secondary N) is 3. The standard InChI is InChI=1S/C15H19N3O6S/c1-24-14(20)10-2-4-11(5-3-10)17-13(19)8-16-15(21)18-12-6-7-25(22,23)9-12/h2-5,12H,6-9H2,1H3,(H,17,19)(H2,16,18,21)/t12-/m0/s1. The van der Waals surface area contributed by atoms with Crippen molar-refractivity contribution in [2.24, 2.45) is 0 Å². The summed E-state index contributed by atoms with van der Waals surface area (Å²) in [4.78, 5) is 34.8. The van der Waals surface area contributed by atoms with Gasteiger partial charge in [0.15, 0.2) is 9.84 Å². The van der Waals surface area contributed by atoms with E-state index in [1.54, 1.807) is 0 Å². The van der Waals surface area contributed by atoms with Gasteiger partial charge in [0.25, 0.3) is 0 Å². The first-order chi connectivity index (χ1) is 11.8. The highest BCUT2D eigenvalue weighted by atomic mass is 32.2. The van der Waals surface area contributed by atoms with E-state index in [0.717, 1.165) is 0 Å². The Morgan fingerprint density at radius 3 is 2.44 bits per heavy atom. The van der Waals surface area contributed by atoms with E-state index in [2.05, 4.69) is 20.7 Å². The van der Waals surface area contributed by atoms with Gasteiger partial charge in [0.2, 0.25) is 5.91 Å². The lowest BCUT2D eigenvalue weighted by Gasteiger charge is -2.12. The summed E-state index contributed by atoms with van der Waals surface area (Å²) >= 11 is 0. The van der Waals surface area contributed by atoms with Crippen molar-refractivity contribution in [2.75, 3.05) is 30.5 Å². The highest BCUT2D eigenvalue weighted by molar-refractivity contribution is 7.91. The van der Waals surface area contributed by atoms with Crippen LogP contribution in [0.5, 0.6) is 0 Å². The minimum absolute atomic E-state index is 0.0556. The Labute approximate surface area is 145 Å². The lowest BCUT2D eigenvalue weighted by atomic mass is 10.2. The summed E-state index contributed by atoms with van der Waals surface area (Å²) in [7, 11) is -1.81. The van der Waals surface area contributed by atoms with E-state index in [4.69, 9.17) is 0 Å². The first-order valence-corrected chi connectivity index (χ1v) is 9.34. The molecule has 1 aromatic rings. The van der Waals surface area contributed by atoms with Crippen molar-refractivity contribution in [3.63, 3.8) is 0 Å². The van der Waals surface area contributed by atoms with E-state index in [9.17, 15) is 22.8 Å². The summed E-state index contributed by atoms with van der Waals surface area (Å²) in [6.45, 7) is -0.274. The summed E-state index contributed by atoms with van der Waals surface area (Å²) in [5, 5.41) is 7.44. The second-order valence-corrected chi connectivity index (χ2v) is 7.77. The average molecular weight is 369 g/mol. The molecule has 9 nitrogen and oxygen atoms in total. The number of ether oxygens (including phenoxy) is 1. The van der Waals surface area contributed by atoms with Gasteiger partial charge in [0, 0.05) is 11.7 Å². The molecule has 136 valence electrons. The molecular weight excluding hydrogens is 350 g/mol. The number of benzene rings is 1. The van der Waals surface area contributed by atoms with Crippen LogP contribution in [0.1, 0.15) is 16.8 Å². The lowest BCUT2D eigenvalue weighted by molar-refractivity contribution is -0.115. The van der Waals surface area contributed by atoms with Gasteiger partial charge >= 0.3 is 12.0 Å². The van der Waals surface area contributed by atoms with Crippen LogP contribution in [0, 0.1) is 0 Å². The van der Waals surface area contributed by atoms with Gasteiger partial charge in [-0.15, -0.1) is 0 Å². The zero-order valence-electron chi connectivity index (χ0n) is 13.6. The van der Waals surface area contributed by atoms with E-state index in [0.29, 0.717) is 17.7 Å². The number of sulfone groups is 1. The molecule has 3 N–H and O–H groups in total. The number of hydrogen-bond acceptors (Lipinski definition) is 6. The van der Waals surface area contributed by atoms with Gasteiger partial charge in [-0.2, -0.15) is 0 Å². The maximum atomic E-state index is 11.8. The molecule has 0 saturated carbocycles. The van der Waals surface area contributed by atoms with Gasteiger partial charge in [-0.05, 0) is 30.7 Å². The molecule has 3 amide bonds. The van der Waals surface area contributed by atoms with Gasteiger partial charge < -0.3 is 20.7 Å². The number of methoxy groups -OCH3 is 1. The molecule has 1 aromatic carbocycles. The summed E-state index contributed by atoms with van der Waals surface area (Å²) in [6, 6.07) is 5.04. The molecule has 0 unspecified atom stereocenters. The third-order valence-corrected chi connectivity index (χ3v) is 5.33. The van der Waals surface area contributed by atoms with E-state index >= 15 is 0 Å². The monoisotopic (exact) mass is 369 g/mol. The number of carbonyl (C=O) groups is 3. The number of urea groups is 1. The molecule has 1 saturated heterocycles. The third-order valence-electron chi connectivity index (χ3n) is 3.57. The molecule has 1 aliphatic heterocycles. The Bertz CT molecular complexity index is 760. The number of esters is 1. The molecule has 1 fully saturated rings. The van der Waals surface area contributed by atoms with Crippen molar-refractivity contribution in [1.82, 2.24) is 10.6 Å². The van der Waals surface area contributed by atoms with Crippen LogP contribution in [0.3, 0.4) is 0 Å². The van der Waals surface area contributed by atoms with E-state index in [1.165, 1.54) is 31.4 Å². The van der Waals surface area contributed by atoms with Gasteiger partial charge in [0.05, 0.1) is 30.7 Å². The SMILES string of the molecule is COC(=O)c1ccc(NC(=O)CNC(=O)N[C@H]2CCS(=O)(=O)C2)cc1. The molecule has 0 radical (unpaired) electrons. The molecule has 0 bridgehead atoms. The lowest BCUT2D eigenvalue weighted by Crippen LogP contribution is -2.45. The van der Waals surface area contributed by atoms with Crippen molar-refractivity contribution in [1.29, 1.82) is 0 Å². The Kier molecular flexibility index (Phi) is 5.97. The van der Waals surface area contributed by atoms with Gasteiger partial charge in [-0.25, -0.2) is 18.0 Å². The number of anilines is 1. The molecule has 0 spiro atoms. The van der Waals surface area contributed by atoms with Crippen LogP contribution in [0.4, 0.5) is 10.5 Å². The second-order valence-electron chi connectivity index (χ2n) is 5.54. The molecule has 0 aliphatic carbocycles. The first-order valence-electron chi connectivity index (χ1n) is 7.52. The van der Waals surface area contributed by atoms with Gasteiger partial charge in [-0.1, -0.05) is 0 Å². The summed E-state index contributed by atoms with van der Waals surface area (Å²) in [6.07, 6.45) is 0.370. The van der Waals surface area contributed by atoms with Crippen LogP contribution in [0.15, 0.2) is 24.3 Å². The number of carbonyl (C=O) groups excluding carboxylic acids is 3. The van der Waals surface area contributed by atoms with E-state index < -0.39 is 33.8 Å². The Hall–Kier alpha value is -2.62. The minimum atomic E-state index is -3.08. The zero-order valence-corrected chi connectivity index (χ0v) is 14.4. The predicted molar refractivity (Wildman–Crippen MR) is 90.0 cm³/mol. The molecule has 25 heavy (non-hydrogen) atoms. The van der Waals surface area contributed by atoms with Crippen LogP contribution in [0.25, 0.3) is 0 Å². The summed E-state index contributed by atoms with van der Waals surface area (Å²) < 4.78 is 27.2. The smallest absolute Gasteiger partial charge is 0.337 e. The topological polar surface area (TPSA) is 131 Å². The summed E-state index contributed by atoms with van der Waals surface area (Å²) in [5.74, 6) is -0.968. The quantitative estimate of drug-likeness (QED) is 0.621. The maximum absolute atomic E-state index is 11.8. The molecule has 1 aliphatic rings. The van der Waals surface area contributed by atoms with Crippen molar-refractivity contribution >= 4 is 33.4 Å².